The van der Waals surface area contributed by atoms with Crippen LogP contribution >= 0.6 is 15.9 Å². The van der Waals surface area contributed by atoms with Crippen molar-refractivity contribution in [3.05, 3.63) is 26.6 Å². The molecule has 0 amide bonds. The molecule has 1 N–H and O–H groups in total. The molecule has 0 bridgehead atoms. The van der Waals surface area contributed by atoms with E-state index in [1.54, 1.807) is 0 Å². The van der Waals surface area contributed by atoms with Crippen molar-refractivity contribution in [3.63, 3.8) is 0 Å². The molecule has 0 aromatic carbocycles. The van der Waals surface area contributed by atoms with Gasteiger partial charge in [-0.25, -0.2) is 8.78 Å². The molecule has 0 fully saturated rings. The largest absolute Gasteiger partial charge is 0.495 e. The average Bonchev–Trinajstić information content (AvgIpc) is 2.09. The van der Waals surface area contributed by atoms with Crippen LogP contribution in [0.25, 0.3) is 0 Å². The quantitative estimate of drug-likeness (QED) is 0.877. The van der Waals surface area contributed by atoms with Crippen LogP contribution in [-0.2, 0) is 0 Å². The van der Waals surface area contributed by atoms with Gasteiger partial charge in [0.15, 0.2) is 0 Å². The summed E-state index contributed by atoms with van der Waals surface area (Å²) in [7, 11) is 1.30. The first-order valence-corrected chi connectivity index (χ1v) is 4.10. The summed E-state index contributed by atoms with van der Waals surface area (Å²) < 4.78 is 29.1. The van der Waals surface area contributed by atoms with Crippen LogP contribution in [-0.4, -0.2) is 12.1 Å². The van der Waals surface area contributed by atoms with E-state index in [2.05, 4.69) is 15.9 Å². The lowest BCUT2D eigenvalue weighted by atomic mass is 10.3. The summed E-state index contributed by atoms with van der Waals surface area (Å²) in [4.78, 5) is 13.0. The highest BCUT2D eigenvalue weighted by atomic mass is 79.9. The highest BCUT2D eigenvalue weighted by Crippen LogP contribution is 2.24. The molecule has 1 aromatic rings. The molecule has 72 valence electrons. The van der Waals surface area contributed by atoms with Gasteiger partial charge in [0.2, 0.25) is 0 Å². The van der Waals surface area contributed by atoms with Crippen LogP contribution in [0.3, 0.4) is 0 Å². The fourth-order valence-electron chi connectivity index (χ4n) is 0.805. The Morgan fingerprint density at radius 1 is 1.62 bits per heavy atom. The van der Waals surface area contributed by atoms with Gasteiger partial charge in [0.25, 0.3) is 12.0 Å². The first kappa shape index (κ1) is 10.2. The summed E-state index contributed by atoms with van der Waals surface area (Å²) in [6.45, 7) is 0. The molecule has 1 rings (SSSR count). The number of methoxy groups -OCH3 is 1. The van der Waals surface area contributed by atoms with Crippen LogP contribution in [0.4, 0.5) is 8.78 Å². The number of ether oxygens (including phenoxy) is 1. The number of hydrogen-bond donors (Lipinski definition) is 1. The standard InChI is InChI=1S/C7H6BrF2NO2/c1-13-4-2-3(6(9)10)11-7(12)5(4)8/h2,6H,1H3,(H,11,12). The highest BCUT2D eigenvalue weighted by molar-refractivity contribution is 9.10. The van der Waals surface area contributed by atoms with Gasteiger partial charge in [-0.2, -0.15) is 0 Å². The molecular formula is C7H6BrF2NO2. The minimum absolute atomic E-state index is 0.0963. The molecule has 0 saturated carbocycles. The van der Waals surface area contributed by atoms with E-state index in [0.717, 1.165) is 6.07 Å². The van der Waals surface area contributed by atoms with Crippen molar-refractivity contribution in [1.29, 1.82) is 0 Å². The second-order valence-electron chi connectivity index (χ2n) is 2.24. The lowest BCUT2D eigenvalue weighted by Gasteiger charge is -2.04. The SMILES string of the molecule is COc1cc(C(F)F)[nH]c(=O)c1Br. The van der Waals surface area contributed by atoms with Gasteiger partial charge in [-0.05, 0) is 15.9 Å². The molecule has 0 saturated heterocycles. The first-order valence-electron chi connectivity index (χ1n) is 3.31. The number of hydrogen-bond acceptors (Lipinski definition) is 2. The third-order valence-electron chi connectivity index (χ3n) is 1.42. The van der Waals surface area contributed by atoms with Crippen molar-refractivity contribution in [3.8, 4) is 5.75 Å². The van der Waals surface area contributed by atoms with Crippen molar-refractivity contribution in [2.45, 2.75) is 6.43 Å². The van der Waals surface area contributed by atoms with Gasteiger partial charge < -0.3 is 9.72 Å². The Kier molecular flexibility index (Phi) is 3.02. The molecule has 13 heavy (non-hydrogen) atoms. The van der Waals surface area contributed by atoms with Crippen LogP contribution in [0.5, 0.6) is 5.75 Å². The topological polar surface area (TPSA) is 42.1 Å². The predicted octanol–water partition coefficient (Wildman–Crippen LogP) is 2.08. The van der Waals surface area contributed by atoms with Gasteiger partial charge in [0.1, 0.15) is 10.2 Å². The Morgan fingerprint density at radius 3 is 2.69 bits per heavy atom. The smallest absolute Gasteiger partial charge is 0.278 e. The molecule has 0 aliphatic carbocycles. The monoisotopic (exact) mass is 253 g/mol. The molecule has 6 heteroatoms. The maximum absolute atomic E-state index is 12.2. The van der Waals surface area contributed by atoms with Gasteiger partial charge in [-0.1, -0.05) is 0 Å². The molecular weight excluding hydrogens is 248 g/mol. The number of nitrogens with one attached hydrogen (secondary N) is 1. The number of H-pyrrole nitrogens is 1. The van der Waals surface area contributed by atoms with E-state index >= 15 is 0 Å². The minimum atomic E-state index is -2.71. The zero-order valence-electron chi connectivity index (χ0n) is 6.61. The van der Waals surface area contributed by atoms with Gasteiger partial charge in [-0.15, -0.1) is 0 Å². The fourth-order valence-corrected chi connectivity index (χ4v) is 1.18. The summed E-state index contributed by atoms with van der Waals surface area (Å²) >= 11 is 2.91. The molecule has 0 aliphatic heterocycles. The van der Waals surface area contributed by atoms with Crippen molar-refractivity contribution in [2.75, 3.05) is 7.11 Å². The summed E-state index contributed by atoms with van der Waals surface area (Å²) in [5.74, 6) is 0.0963. The van der Waals surface area contributed by atoms with Crippen LogP contribution < -0.4 is 10.3 Å². The van der Waals surface area contributed by atoms with E-state index in [1.165, 1.54) is 7.11 Å². The molecule has 0 atom stereocenters. The van der Waals surface area contributed by atoms with E-state index in [-0.39, 0.29) is 10.2 Å². The summed E-state index contributed by atoms with van der Waals surface area (Å²) in [5, 5.41) is 0. The van der Waals surface area contributed by atoms with E-state index < -0.39 is 17.7 Å². The summed E-state index contributed by atoms with van der Waals surface area (Å²) in [6, 6.07) is 1.08. The lowest BCUT2D eigenvalue weighted by molar-refractivity contribution is 0.145. The predicted molar refractivity (Wildman–Crippen MR) is 46.3 cm³/mol. The van der Waals surface area contributed by atoms with Gasteiger partial charge in [0.05, 0.1) is 12.8 Å². The van der Waals surface area contributed by atoms with Crippen molar-refractivity contribution in [1.82, 2.24) is 4.98 Å². The average molecular weight is 254 g/mol. The number of halogens is 3. The molecule has 0 aliphatic rings. The van der Waals surface area contributed by atoms with Crippen LogP contribution in [0.2, 0.25) is 0 Å². The molecule has 3 nitrogen and oxygen atoms in total. The molecule has 0 unspecified atom stereocenters. The molecule has 1 heterocycles. The molecule has 1 aromatic heterocycles. The second kappa shape index (κ2) is 3.87. The van der Waals surface area contributed by atoms with Crippen molar-refractivity contribution in [2.24, 2.45) is 0 Å². The van der Waals surface area contributed by atoms with Crippen LogP contribution in [0.1, 0.15) is 12.1 Å². The van der Waals surface area contributed by atoms with Crippen molar-refractivity contribution >= 4 is 15.9 Å². The van der Waals surface area contributed by atoms with Crippen LogP contribution in [0, 0.1) is 0 Å². The van der Waals surface area contributed by atoms with Gasteiger partial charge >= 0.3 is 0 Å². The Balaban J connectivity index is 3.31. The second-order valence-corrected chi connectivity index (χ2v) is 3.03. The Labute approximate surface area is 80.9 Å². The summed E-state index contributed by atoms with van der Waals surface area (Å²) in [5.41, 5.74) is -1.08. The van der Waals surface area contributed by atoms with E-state index in [4.69, 9.17) is 4.74 Å². The maximum atomic E-state index is 12.2. The third-order valence-corrected chi connectivity index (χ3v) is 2.17. The summed E-state index contributed by atoms with van der Waals surface area (Å²) in [6.07, 6.45) is -2.71. The zero-order valence-corrected chi connectivity index (χ0v) is 8.19. The number of aromatic amines is 1. The Bertz CT molecular complexity index is 364. The van der Waals surface area contributed by atoms with Gasteiger partial charge in [0, 0.05) is 6.07 Å². The highest BCUT2D eigenvalue weighted by Gasteiger charge is 2.13. The Hall–Kier alpha value is -0.910. The molecule has 0 radical (unpaired) electrons. The lowest BCUT2D eigenvalue weighted by Crippen LogP contribution is -2.11. The van der Waals surface area contributed by atoms with Gasteiger partial charge in [-0.3, -0.25) is 4.79 Å². The number of alkyl halides is 2. The molecule has 0 spiro atoms. The van der Waals surface area contributed by atoms with Crippen molar-refractivity contribution < 1.29 is 13.5 Å². The number of pyridine rings is 1. The maximum Gasteiger partial charge on any atom is 0.278 e. The Morgan fingerprint density at radius 2 is 2.23 bits per heavy atom. The zero-order chi connectivity index (χ0) is 10.0. The number of aromatic nitrogens is 1. The van der Waals surface area contributed by atoms with E-state index in [0.29, 0.717) is 0 Å². The van der Waals surface area contributed by atoms with E-state index in [1.807, 2.05) is 4.98 Å². The minimum Gasteiger partial charge on any atom is -0.495 e. The first-order chi connectivity index (χ1) is 6.06. The fraction of sp³-hybridized carbons (Fsp3) is 0.286. The normalized spacial score (nSPS) is 10.5. The van der Waals surface area contributed by atoms with E-state index in [9.17, 15) is 13.6 Å². The third kappa shape index (κ3) is 2.06. The van der Waals surface area contributed by atoms with Crippen LogP contribution in [0.15, 0.2) is 15.3 Å². The number of rotatable bonds is 2.